The van der Waals surface area contributed by atoms with E-state index in [4.69, 9.17) is 0 Å². The maximum atomic E-state index is 13.6. The van der Waals surface area contributed by atoms with Crippen LogP contribution in [0.3, 0.4) is 0 Å². The van der Waals surface area contributed by atoms with E-state index in [0.29, 0.717) is 5.69 Å². The molecule has 7 heteroatoms. The third kappa shape index (κ3) is 4.25. The lowest BCUT2D eigenvalue weighted by atomic mass is 10.1. The van der Waals surface area contributed by atoms with Gasteiger partial charge in [0, 0.05) is 16.2 Å². The molecule has 0 fully saturated rings. The quantitative estimate of drug-likeness (QED) is 0.500. The van der Waals surface area contributed by atoms with Gasteiger partial charge in [0.05, 0.1) is 10.6 Å². The number of anilines is 2. The molecule has 1 aliphatic heterocycles. The van der Waals surface area contributed by atoms with Crippen LogP contribution in [0, 0.1) is 6.92 Å². The van der Waals surface area contributed by atoms with Crippen LogP contribution in [-0.2, 0) is 21.2 Å². The lowest BCUT2D eigenvalue weighted by Crippen LogP contribution is -2.45. The van der Waals surface area contributed by atoms with Gasteiger partial charge in [0.1, 0.15) is 6.54 Å². The van der Waals surface area contributed by atoms with E-state index in [9.17, 15) is 13.2 Å². The van der Waals surface area contributed by atoms with E-state index in [0.717, 1.165) is 27.7 Å². The number of hydrogen-bond acceptors (Lipinski definition) is 3. The van der Waals surface area contributed by atoms with Crippen LogP contribution in [0.25, 0.3) is 0 Å². The first-order valence-corrected chi connectivity index (χ1v) is 12.3. The highest BCUT2D eigenvalue weighted by molar-refractivity contribution is 9.10. The van der Waals surface area contributed by atoms with Crippen molar-refractivity contribution in [3.05, 3.63) is 88.4 Å². The molecule has 1 aliphatic rings. The SMILES string of the molecule is Cc1ccc(S(=O)(=O)N(CC(=O)N2c3ccccc3C[C@@H]2C)c2cccc(Br)c2)cc1. The molecule has 0 aromatic heterocycles. The zero-order valence-corrected chi connectivity index (χ0v) is 19.7. The molecule has 1 heterocycles. The van der Waals surface area contributed by atoms with Crippen LogP contribution in [0.4, 0.5) is 11.4 Å². The van der Waals surface area contributed by atoms with Gasteiger partial charge < -0.3 is 4.90 Å². The summed E-state index contributed by atoms with van der Waals surface area (Å²) in [6, 6.07) is 21.4. The lowest BCUT2D eigenvalue weighted by molar-refractivity contribution is -0.117. The van der Waals surface area contributed by atoms with E-state index in [1.165, 1.54) is 4.31 Å². The van der Waals surface area contributed by atoms with Gasteiger partial charge in [0.2, 0.25) is 5.91 Å². The van der Waals surface area contributed by atoms with Crippen molar-refractivity contribution >= 4 is 43.2 Å². The zero-order valence-electron chi connectivity index (χ0n) is 17.3. The predicted octanol–water partition coefficient (Wildman–Crippen LogP) is 4.93. The van der Waals surface area contributed by atoms with Gasteiger partial charge in [-0.25, -0.2) is 8.42 Å². The van der Waals surface area contributed by atoms with Crippen molar-refractivity contribution in [3.8, 4) is 0 Å². The number of aryl methyl sites for hydroxylation is 1. The molecule has 0 bridgehead atoms. The van der Waals surface area contributed by atoms with Crippen molar-refractivity contribution in [2.75, 3.05) is 15.7 Å². The van der Waals surface area contributed by atoms with Crippen LogP contribution >= 0.6 is 15.9 Å². The molecule has 31 heavy (non-hydrogen) atoms. The van der Waals surface area contributed by atoms with Crippen molar-refractivity contribution < 1.29 is 13.2 Å². The predicted molar refractivity (Wildman–Crippen MR) is 127 cm³/mol. The molecule has 0 unspecified atom stereocenters. The number of hydrogen-bond donors (Lipinski definition) is 0. The summed E-state index contributed by atoms with van der Waals surface area (Å²) in [6.45, 7) is 3.60. The number of carbonyl (C=O) groups is 1. The van der Waals surface area contributed by atoms with Gasteiger partial charge in [-0.05, 0) is 62.2 Å². The molecule has 0 saturated heterocycles. The molecule has 3 aromatic carbocycles. The average Bonchev–Trinajstić information content (AvgIpc) is 3.07. The van der Waals surface area contributed by atoms with E-state index in [-0.39, 0.29) is 23.4 Å². The number of para-hydroxylation sites is 1. The van der Waals surface area contributed by atoms with Crippen molar-refractivity contribution in [3.63, 3.8) is 0 Å². The summed E-state index contributed by atoms with van der Waals surface area (Å²) in [5, 5.41) is 0. The molecule has 4 rings (SSSR count). The number of carbonyl (C=O) groups excluding carboxylic acids is 1. The average molecular weight is 499 g/mol. The summed E-state index contributed by atoms with van der Waals surface area (Å²) in [5.74, 6) is -0.256. The van der Waals surface area contributed by atoms with Crippen LogP contribution in [-0.4, -0.2) is 26.9 Å². The van der Waals surface area contributed by atoms with Crippen LogP contribution in [0.5, 0.6) is 0 Å². The van der Waals surface area contributed by atoms with Crippen molar-refractivity contribution in [1.82, 2.24) is 0 Å². The molecular weight excluding hydrogens is 476 g/mol. The fourth-order valence-corrected chi connectivity index (χ4v) is 5.72. The normalized spacial score (nSPS) is 15.6. The maximum Gasteiger partial charge on any atom is 0.264 e. The number of fused-ring (bicyclic) bond motifs is 1. The highest BCUT2D eigenvalue weighted by Gasteiger charge is 2.34. The molecule has 0 spiro atoms. The van der Waals surface area contributed by atoms with Crippen molar-refractivity contribution in [2.45, 2.75) is 31.2 Å². The minimum atomic E-state index is -3.94. The second-order valence-electron chi connectivity index (χ2n) is 7.75. The monoisotopic (exact) mass is 498 g/mol. The molecule has 0 radical (unpaired) electrons. The minimum Gasteiger partial charge on any atom is -0.307 e. The lowest BCUT2D eigenvalue weighted by Gasteiger charge is -2.29. The molecule has 1 atom stereocenters. The van der Waals surface area contributed by atoms with Gasteiger partial charge in [-0.3, -0.25) is 9.10 Å². The van der Waals surface area contributed by atoms with Crippen LogP contribution in [0.15, 0.2) is 82.2 Å². The molecular formula is C24H23BrN2O3S. The number of rotatable bonds is 5. The number of benzene rings is 3. The van der Waals surface area contributed by atoms with E-state index < -0.39 is 10.0 Å². The summed E-state index contributed by atoms with van der Waals surface area (Å²) in [5.41, 5.74) is 3.34. The molecule has 3 aromatic rings. The Morgan fingerprint density at radius 3 is 2.48 bits per heavy atom. The fourth-order valence-electron chi connectivity index (χ4n) is 3.93. The first-order chi connectivity index (χ1) is 14.8. The van der Waals surface area contributed by atoms with Gasteiger partial charge in [-0.1, -0.05) is 57.9 Å². The molecule has 5 nitrogen and oxygen atoms in total. The second kappa shape index (κ2) is 8.48. The third-order valence-electron chi connectivity index (χ3n) is 5.46. The molecule has 160 valence electrons. The van der Waals surface area contributed by atoms with Gasteiger partial charge in [-0.2, -0.15) is 0 Å². The van der Waals surface area contributed by atoms with Crippen molar-refractivity contribution in [2.24, 2.45) is 0 Å². The van der Waals surface area contributed by atoms with E-state index in [2.05, 4.69) is 15.9 Å². The Balaban J connectivity index is 1.74. The van der Waals surface area contributed by atoms with E-state index >= 15 is 0 Å². The first-order valence-electron chi connectivity index (χ1n) is 10.0. The third-order valence-corrected chi connectivity index (χ3v) is 7.74. The van der Waals surface area contributed by atoms with Gasteiger partial charge in [0.15, 0.2) is 0 Å². The Bertz CT molecular complexity index is 1230. The Labute approximate surface area is 191 Å². The molecule has 0 saturated carbocycles. The standard InChI is InChI=1S/C24H23BrN2O3S/c1-17-10-12-22(13-11-17)31(29,30)26(21-8-5-7-20(25)15-21)16-24(28)27-18(2)14-19-6-3-4-9-23(19)27/h3-13,15,18H,14,16H2,1-2H3/t18-/m0/s1. The smallest absolute Gasteiger partial charge is 0.264 e. The maximum absolute atomic E-state index is 13.6. The van der Waals surface area contributed by atoms with Crippen LogP contribution < -0.4 is 9.21 Å². The molecule has 1 amide bonds. The Morgan fingerprint density at radius 2 is 1.77 bits per heavy atom. The van der Waals surface area contributed by atoms with Gasteiger partial charge >= 0.3 is 0 Å². The van der Waals surface area contributed by atoms with Gasteiger partial charge in [-0.15, -0.1) is 0 Å². The largest absolute Gasteiger partial charge is 0.307 e. The summed E-state index contributed by atoms with van der Waals surface area (Å²) in [7, 11) is -3.94. The number of nitrogens with zero attached hydrogens (tertiary/aromatic N) is 2. The summed E-state index contributed by atoms with van der Waals surface area (Å²) in [6.07, 6.45) is 0.753. The van der Waals surface area contributed by atoms with Crippen molar-refractivity contribution in [1.29, 1.82) is 0 Å². The van der Waals surface area contributed by atoms with E-state index in [1.807, 2.05) is 44.2 Å². The minimum absolute atomic E-state index is 0.0312. The topological polar surface area (TPSA) is 57.7 Å². The van der Waals surface area contributed by atoms with Crippen LogP contribution in [0.1, 0.15) is 18.1 Å². The van der Waals surface area contributed by atoms with Gasteiger partial charge in [0.25, 0.3) is 10.0 Å². The summed E-state index contributed by atoms with van der Waals surface area (Å²) >= 11 is 3.41. The Kier molecular flexibility index (Phi) is 5.90. The number of halogens is 1. The Morgan fingerprint density at radius 1 is 1.06 bits per heavy atom. The molecule has 0 aliphatic carbocycles. The summed E-state index contributed by atoms with van der Waals surface area (Å²) in [4.78, 5) is 15.3. The van der Waals surface area contributed by atoms with E-state index in [1.54, 1.807) is 47.4 Å². The summed E-state index contributed by atoms with van der Waals surface area (Å²) < 4.78 is 29.1. The number of amides is 1. The van der Waals surface area contributed by atoms with Crippen LogP contribution in [0.2, 0.25) is 0 Å². The number of sulfonamides is 1. The fraction of sp³-hybridized carbons (Fsp3) is 0.208. The zero-order chi connectivity index (χ0) is 22.2. The highest BCUT2D eigenvalue weighted by Crippen LogP contribution is 2.33. The molecule has 0 N–H and O–H groups in total. The first kappa shape index (κ1) is 21.6. The Hall–Kier alpha value is -2.64. The second-order valence-corrected chi connectivity index (χ2v) is 10.5. The highest BCUT2D eigenvalue weighted by atomic mass is 79.9.